The number of carbonyl (C=O) groups excluding carboxylic acids is 1. The number of nitrogens with zero attached hydrogens (tertiary/aromatic N) is 1. The van der Waals surface area contributed by atoms with E-state index in [0.29, 0.717) is 5.75 Å². The Morgan fingerprint density at radius 3 is 2.50 bits per heavy atom. The lowest BCUT2D eigenvalue weighted by atomic mass is 10.2. The molecule has 0 saturated carbocycles. The summed E-state index contributed by atoms with van der Waals surface area (Å²) in [6.07, 6.45) is 0. The third-order valence-corrected chi connectivity index (χ3v) is 6.86. The number of carbonyl (C=O) groups is 1. The summed E-state index contributed by atoms with van der Waals surface area (Å²) in [5.74, 6) is 0.483. The number of amides is 1. The van der Waals surface area contributed by atoms with Crippen LogP contribution in [0.2, 0.25) is 0 Å². The van der Waals surface area contributed by atoms with Crippen LogP contribution in [-0.2, 0) is 20.6 Å². The van der Waals surface area contributed by atoms with E-state index in [1.165, 1.54) is 30.2 Å². The Labute approximate surface area is 159 Å². The lowest BCUT2D eigenvalue weighted by Crippen LogP contribution is -2.23. The molecule has 0 aromatic heterocycles. The van der Waals surface area contributed by atoms with Crippen LogP contribution < -0.4 is 5.32 Å². The van der Waals surface area contributed by atoms with Crippen LogP contribution in [0, 0.1) is 6.92 Å². The first-order valence-electron chi connectivity index (χ1n) is 8.21. The smallest absolute Gasteiger partial charge is 0.242 e. The Morgan fingerprint density at radius 1 is 1.15 bits per heavy atom. The van der Waals surface area contributed by atoms with Crippen molar-refractivity contribution in [2.75, 3.05) is 19.4 Å². The summed E-state index contributed by atoms with van der Waals surface area (Å²) in [7, 11) is -0.437. The first kappa shape index (κ1) is 20.5. The minimum atomic E-state index is -3.45. The fourth-order valence-corrected chi connectivity index (χ4v) is 4.07. The summed E-state index contributed by atoms with van der Waals surface area (Å²) in [6, 6.07) is 14.5. The number of rotatable bonds is 7. The predicted octanol–water partition coefficient (Wildman–Crippen LogP) is 3.51. The number of nitrogens with one attached hydrogen (secondary N) is 1. The molecule has 5 nitrogen and oxygen atoms in total. The summed E-state index contributed by atoms with van der Waals surface area (Å²) in [6.45, 7) is 3.82. The van der Waals surface area contributed by atoms with Gasteiger partial charge >= 0.3 is 0 Å². The minimum absolute atomic E-state index is 0.0716. The molecular weight excluding hydrogens is 368 g/mol. The van der Waals surface area contributed by atoms with E-state index >= 15 is 0 Å². The van der Waals surface area contributed by atoms with Gasteiger partial charge in [-0.25, -0.2) is 12.7 Å². The molecule has 2 aromatic carbocycles. The fourth-order valence-electron chi connectivity index (χ4n) is 2.27. The zero-order valence-corrected chi connectivity index (χ0v) is 17.0. The van der Waals surface area contributed by atoms with Crippen molar-refractivity contribution < 1.29 is 13.2 Å². The highest BCUT2D eigenvalue weighted by molar-refractivity contribution is 7.99. The van der Waals surface area contributed by atoms with Gasteiger partial charge in [0.2, 0.25) is 15.9 Å². The molecule has 1 N–H and O–H groups in total. The molecule has 0 bridgehead atoms. The second kappa shape index (κ2) is 8.70. The topological polar surface area (TPSA) is 66.5 Å². The number of aryl methyl sites for hydroxylation is 1. The maximum absolute atomic E-state index is 12.3. The summed E-state index contributed by atoms with van der Waals surface area (Å²) in [4.78, 5) is 12.6. The van der Waals surface area contributed by atoms with E-state index in [9.17, 15) is 13.2 Å². The highest BCUT2D eigenvalue weighted by Gasteiger charge is 2.18. The van der Waals surface area contributed by atoms with E-state index in [1.807, 2.05) is 44.2 Å². The van der Waals surface area contributed by atoms with Crippen molar-refractivity contribution >= 4 is 33.4 Å². The molecule has 1 unspecified atom stereocenters. The van der Waals surface area contributed by atoms with Gasteiger partial charge in [0.05, 0.1) is 10.1 Å². The average Bonchev–Trinajstić information content (AvgIpc) is 2.59. The van der Waals surface area contributed by atoms with Gasteiger partial charge in [0.1, 0.15) is 0 Å². The van der Waals surface area contributed by atoms with Gasteiger partial charge in [-0.2, -0.15) is 0 Å². The second-order valence-electron chi connectivity index (χ2n) is 6.25. The Kier molecular flexibility index (Phi) is 6.86. The van der Waals surface area contributed by atoms with Gasteiger partial charge in [0.15, 0.2) is 0 Å². The van der Waals surface area contributed by atoms with Crippen LogP contribution >= 0.6 is 11.8 Å². The normalized spacial score (nSPS) is 12.8. The Hall–Kier alpha value is -1.83. The molecular formula is C19H24N2O3S2. The number of benzene rings is 2. The number of hydrogen-bond donors (Lipinski definition) is 1. The zero-order valence-electron chi connectivity index (χ0n) is 15.4. The van der Waals surface area contributed by atoms with Crippen molar-refractivity contribution in [2.45, 2.75) is 29.7 Å². The molecule has 1 atom stereocenters. The van der Waals surface area contributed by atoms with Crippen molar-refractivity contribution in [3.05, 3.63) is 59.7 Å². The molecule has 26 heavy (non-hydrogen) atoms. The predicted molar refractivity (Wildman–Crippen MR) is 108 cm³/mol. The summed E-state index contributed by atoms with van der Waals surface area (Å²) in [5, 5.41) is 2.65. The highest BCUT2D eigenvalue weighted by Crippen LogP contribution is 2.22. The van der Waals surface area contributed by atoms with Crippen LogP contribution in [0.25, 0.3) is 0 Å². The first-order chi connectivity index (χ1) is 12.2. The lowest BCUT2D eigenvalue weighted by Gasteiger charge is -2.14. The largest absolute Gasteiger partial charge is 0.325 e. The van der Waals surface area contributed by atoms with E-state index < -0.39 is 10.0 Å². The number of sulfonamides is 1. The van der Waals surface area contributed by atoms with Crippen molar-refractivity contribution in [3.8, 4) is 0 Å². The van der Waals surface area contributed by atoms with E-state index in [4.69, 9.17) is 0 Å². The fraction of sp³-hybridized carbons (Fsp3) is 0.316. The SMILES string of the molecule is Cc1cccc(NC(=O)C(C)SCc2cccc(S(=O)(=O)N(C)C)c2)c1. The molecule has 7 heteroatoms. The molecule has 0 heterocycles. The summed E-state index contributed by atoms with van der Waals surface area (Å²) < 4.78 is 25.6. The van der Waals surface area contributed by atoms with E-state index in [-0.39, 0.29) is 16.1 Å². The Bertz CT molecular complexity index is 880. The molecule has 0 aliphatic heterocycles. The van der Waals surface area contributed by atoms with Gasteiger partial charge in [-0.1, -0.05) is 24.3 Å². The molecule has 140 valence electrons. The standard InChI is InChI=1S/C19H24N2O3S2/c1-14-7-5-9-17(11-14)20-19(22)15(2)25-13-16-8-6-10-18(12-16)26(23,24)21(3)4/h5-12,15H,13H2,1-4H3,(H,20,22). The van der Waals surface area contributed by atoms with Gasteiger partial charge < -0.3 is 5.32 Å². The third-order valence-electron chi connectivity index (χ3n) is 3.83. The van der Waals surface area contributed by atoms with Crippen LogP contribution in [0.1, 0.15) is 18.1 Å². The molecule has 0 saturated heterocycles. The zero-order chi connectivity index (χ0) is 19.3. The van der Waals surface area contributed by atoms with Crippen molar-refractivity contribution in [2.24, 2.45) is 0 Å². The molecule has 1 amide bonds. The lowest BCUT2D eigenvalue weighted by molar-refractivity contribution is -0.115. The van der Waals surface area contributed by atoms with E-state index in [1.54, 1.807) is 18.2 Å². The average molecular weight is 393 g/mol. The van der Waals surface area contributed by atoms with Gasteiger partial charge in [-0.3, -0.25) is 4.79 Å². The maximum atomic E-state index is 12.3. The van der Waals surface area contributed by atoms with Crippen LogP contribution in [0.15, 0.2) is 53.4 Å². The van der Waals surface area contributed by atoms with Crippen molar-refractivity contribution in [3.63, 3.8) is 0 Å². The summed E-state index contributed by atoms with van der Waals surface area (Å²) in [5.41, 5.74) is 2.73. The summed E-state index contributed by atoms with van der Waals surface area (Å²) >= 11 is 1.47. The van der Waals surface area contributed by atoms with Gasteiger partial charge in [-0.05, 0) is 49.2 Å². The van der Waals surface area contributed by atoms with Crippen molar-refractivity contribution in [1.29, 1.82) is 0 Å². The molecule has 0 spiro atoms. The quantitative estimate of drug-likeness (QED) is 0.783. The van der Waals surface area contributed by atoms with E-state index in [0.717, 1.165) is 16.8 Å². The van der Waals surface area contributed by atoms with Gasteiger partial charge in [0.25, 0.3) is 0 Å². The molecule has 2 aromatic rings. The van der Waals surface area contributed by atoms with Crippen LogP contribution in [0.4, 0.5) is 5.69 Å². The third kappa shape index (κ3) is 5.33. The van der Waals surface area contributed by atoms with Crippen LogP contribution in [0.3, 0.4) is 0 Å². The van der Waals surface area contributed by atoms with Crippen LogP contribution in [-0.4, -0.2) is 38.0 Å². The molecule has 0 radical (unpaired) electrons. The van der Waals surface area contributed by atoms with Crippen molar-refractivity contribution in [1.82, 2.24) is 4.31 Å². The van der Waals surface area contributed by atoms with E-state index in [2.05, 4.69) is 5.32 Å². The maximum Gasteiger partial charge on any atom is 0.242 e. The minimum Gasteiger partial charge on any atom is -0.325 e. The second-order valence-corrected chi connectivity index (χ2v) is 9.73. The Balaban J connectivity index is 1.99. The molecule has 0 fully saturated rings. The molecule has 0 aliphatic carbocycles. The number of anilines is 1. The first-order valence-corrected chi connectivity index (χ1v) is 10.7. The molecule has 2 rings (SSSR count). The van der Waals surface area contributed by atoms with Crippen LogP contribution in [0.5, 0.6) is 0 Å². The molecule has 0 aliphatic rings. The number of hydrogen-bond acceptors (Lipinski definition) is 4. The Morgan fingerprint density at radius 2 is 1.85 bits per heavy atom. The monoisotopic (exact) mass is 392 g/mol. The van der Waals surface area contributed by atoms with Gasteiger partial charge in [-0.15, -0.1) is 11.8 Å². The number of thioether (sulfide) groups is 1. The van der Waals surface area contributed by atoms with Gasteiger partial charge in [0, 0.05) is 25.5 Å². The highest BCUT2D eigenvalue weighted by atomic mass is 32.2.